The molecular formula is C13H14ClN5O2. The first kappa shape index (κ1) is 15.0. The average molecular weight is 308 g/mol. The van der Waals surface area contributed by atoms with Gasteiger partial charge in [0.1, 0.15) is 0 Å². The van der Waals surface area contributed by atoms with Crippen LogP contribution in [0.1, 0.15) is 16.1 Å². The zero-order valence-corrected chi connectivity index (χ0v) is 12.2. The lowest BCUT2D eigenvalue weighted by molar-refractivity contribution is 0.102. The zero-order chi connectivity index (χ0) is 15.4. The molecule has 2 rings (SSSR count). The number of ether oxygens (including phenoxy) is 1. The molecule has 21 heavy (non-hydrogen) atoms. The summed E-state index contributed by atoms with van der Waals surface area (Å²) in [7, 11) is 1.49. The molecule has 0 aliphatic carbocycles. The molecule has 7 nitrogen and oxygen atoms in total. The van der Waals surface area contributed by atoms with E-state index in [9.17, 15) is 4.79 Å². The molecule has 2 aromatic rings. The predicted molar refractivity (Wildman–Crippen MR) is 80.5 cm³/mol. The highest BCUT2D eigenvalue weighted by atomic mass is 35.5. The van der Waals surface area contributed by atoms with Crippen LogP contribution < -0.4 is 21.3 Å². The van der Waals surface area contributed by atoms with E-state index >= 15 is 0 Å². The number of nitrogens with two attached hydrogens (primary N) is 1. The Balaban J connectivity index is 2.30. The summed E-state index contributed by atoms with van der Waals surface area (Å²) in [5.74, 6) is 5.45. The number of halogens is 1. The number of amides is 1. The van der Waals surface area contributed by atoms with Crippen LogP contribution in [0.25, 0.3) is 0 Å². The molecule has 0 atom stereocenters. The van der Waals surface area contributed by atoms with E-state index in [1.807, 2.05) is 0 Å². The van der Waals surface area contributed by atoms with Crippen LogP contribution in [0.15, 0.2) is 24.3 Å². The van der Waals surface area contributed by atoms with E-state index in [1.165, 1.54) is 13.2 Å². The molecule has 1 amide bonds. The van der Waals surface area contributed by atoms with E-state index in [-0.39, 0.29) is 11.5 Å². The maximum absolute atomic E-state index is 12.3. The van der Waals surface area contributed by atoms with Crippen LogP contribution in [0.2, 0.25) is 5.02 Å². The Bertz CT molecular complexity index is 678. The van der Waals surface area contributed by atoms with Crippen molar-refractivity contribution >= 4 is 29.1 Å². The van der Waals surface area contributed by atoms with E-state index in [4.69, 9.17) is 22.2 Å². The van der Waals surface area contributed by atoms with Gasteiger partial charge in [-0.15, -0.1) is 0 Å². The number of aromatic nitrogens is 2. The van der Waals surface area contributed by atoms with Crippen molar-refractivity contribution in [2.45, 2.75) is 6.92 Å². The van der Waals surface area contributed by atoms with Gasteiger partial charge < -0.3 is 10.2 Å². The molecular weight excluding hydrogens is 294 g/mol. The monoisotopic (exact) mass is 307 g/mol. The fourth-order valence-electron chi connectivity index (χ4n) is 1.70. The van der Waals surface area contributed by atoms with Gasteiger partial charge in [-0.25, -0.2) is 4.98 Å². The van der Waals surface area contributed by atoms with E-state index in [1.54, 1.807) is 25.1 Å². The number of carbonyl (C=O) groups is 1. The first-order valence-electron chi connectivity index (χ1n) is 6.00. The van der Waals surface area contributed by atoms with Gasteiger partial charge in [0, 0.05) is 16.8 Å². The van der Waals surface area contributed by atoms with E-state index in [0.717, 1.165) is 0 Å². The highest BCUT2D eigenvalue weighted by Gasteiger charge is 2.14. The Kier molecular flexibility index (Phi) is 4.56. The second-order valence-corrected chi connectivity index (χ2v) is 4.60. The van der Waals surface area contributed by atoms with Crippen molar-refractivity contribution in [3.8, 4) is 5.88 Å². The molecule has 4 N–H and O–H groups in total. The molecule has 1 heterocycles. The van der Waals surface area contributed by atoms with Crippen molar-refractivity contribution in [2.75, 3.05) is 17.9 Å². The minimum atomic E-state index is -0.432. The van der Waals surface area contributed by atoms with Crippen molar-refractivity contribution in [2.24, 2.45) is 5.84 Å². The van der Waals surface area contributed by atoms with E-state index in [0.29, 0.717) is 22.3 Å². The van der Waals surface area contributed by atoms with Crippen molar-refractivity contribution < 1.29 is 9.53 Å². The smallest absolute Gasteiger partial charge is 0.260 e. The van der Waals surface area contributed by atoms with Crippen LogP contribution in [-0.4, -0.2) is 23.0 Å². The third-order valence-corrected chi connectivity index (χ3v) is 2.88. The normalized spacial score (nSPS) is 10.1. The van der Waals surface area contributed by atoms with E-state index in [2.05, 4.69) is 20.7 Å². The number of aryl methyl sites for hydroxylation is 1. The molecule has 0 bridgehead atoms. The van der Waals surface area contributed by atoms with Crippen molar-refractivity contribution in [1.82, 2.24) is 9.97 Å². The Hall–Kier alpha value is -2.38. The van der Waals surface area contributed by atoms with Gasteiger partial charge in [0.25, 0.3) is 5.91 Å². The van der Waals surface area contributed by atoms with Gasteiger partial charge in [-0.1, -0.05) is 11.6 Å². The first-order chi connectivity index (χ1) is 10.0. The molecule has 0 unspecified atom stereocenters. The summed E-state index contributed by atoms with van der Waals surface area (Å²) in [4.78, 5) is 20.4. The topological polar surface area (TPSA) is 102 Å². The lowest BCUT2D eigenvalue weighted by Crippen LogP contribution is -2.18. The van der Waals surface area contributed by atoms with Crippen LogP contribution in [0.4, 0.5) is 11.6 Å². The molecule has 0 saturated heterocycles. The Labute approximate surface area is 126 Å². The molecule has 0 saturated carbocycles. The third kappa shape index (κ3) is 3.59. The summed E-state index contributed by atoms with van der Waals surface area (Å²) in [5, 5.41) is 3.00. The van der Waals surface area contributed by atoms with Crippen LogP contribution in [0, 0.1) is 6.92 Å². The standard InChI is InChI=1S/C13H14ClN5O2/c1-7-5-11(21-2)17-13(16-7)18-12(20)9-6-8(14)3-4-10(9)19-15/h3-6,19H,15H2,1-2H3,(H,16,17,18,20). The molecule has 110 valence electrons. The number of rotatable bonds is 4. The van der Waals surface area contributed by atoms with Gasteiger partial charge in [0.2, 0.25) is 11.8 Å². The fourth-order valence-corrected chi connectivity index (χ4v) is 1.87. The number of anilines is 2. The molecule has 0 spiro atoms. The second-order valence-electron chi connectivity index (χ2n) is 4.16. The van der Waals surface area contributed by atoms with Crippen LogP contribution in [0.5, 0.6) is 5.88 Å². The maximum Gasteiger partial charge on any atom is 0.260 e. The summed E-state index contributed by atoms with van der Waals surface area (Å²) in [6, 6.07) is 6.38. The summed E-state index contributed by atoms with van der Waals surface area (Å²) in [5.41, 5.74) is 3.83. The first-order valence-corrected chi connectivity index (χ1v) is 6.38. The summed E-state index contributed by atoms with van der Waals surface area (Å²) in [6.45, 7) is 1.77. The Morgan fingerprint density at radius 1 is 1.33 bits per heavy atom. The molecule has 0 radical (unpaired) electrons. The molecule has 0 aliphatic heterocycles. The van der Waals surface area contributed by atoms with E-state index < -0.39 is 5.91 Å². The molecule has 1 aromatic heterocycles. The zero-order valence-electron chi connectivity index (χ0n) is 11.5. The molecule has 0 aliphatic rings. The van der Waals surface area contributed by atoms with Gasteiger partial charge in [-0.05, 0) is 25.1 Å². The van der Waals surface area contributed by atoms with Crippen molar-refractivity contribution in [1.29, 1.82) is 0 Å². The minimum Gasteiger partial charge on any atom is -0.481 e. The summed E-state index contributed by atoms with van der Waals surface area (Å²) in [6.07, 6.45) is 0. The minimum absolute atomic E-state index is 0.139. The molecule has 1 aromatic carbocycles. The number of hydrazine groups is 1. The second kappa shape index (κ2) is 6.38. The lowest BCUT2D eigenvalue weighted by Gasteiger charge is -2.10. The van der Waals surface area contributed by atoms with Crippen molar-refractivity contribution in [3.63, 3.8) is 0 Å². The number of carbonyl (C=O) groups excluding carboxylic acids is 1. The number of benzene rings is 1. The Morgan fingerprint density at radius 2 is 2.10 bits per heavy atom. The quantitative estimate of drug-likeness (QED) is 0.589. The lowest BCUT2D eigenvalue weighted by atomic mass is 10.1. The maximum atomic E-state index is 12.3. The highest BCUT2D eigenvalue weighted by molar-refractivity contribution is 6.31. The van der Waals surface area contributed by atoms with Crippen LogP contribution in [0.3, 0.4) is 0 Å². The number of nitrogen functional groups attached to an aromatic ring is 1. The third-order valence-electron chi connectivity index (χ3n) is 2.65. The molecule has 0 fully saturated rings. The van der Waals surface area contributed by atoms with Gasteiger partial charge in [-0.2, -0.15) is 4.98 Å². The van der Waals surface area contributed by atoms with Gasteiger partial charge in [-0.3, -0.25) is 16.0 Å². The summed E-state index contributed by atoms with van der Waals surface area (Å²) < 4.78 is 5.03. The van der Waals surface area contributed by atoms with Crippen molar-refractivity contribution in [3.05, 3.63) is 40.5 Å². The number of hydrogen-bond donors (Lipinski definition) is 3. The average Bonchev–Trinajstić information content (AvgIpc) is 2.46. The van der Waals surface area contributed by atoms with Gasteiger partial charge in [0.15, 0.2) is 0 Å². The summed E-state index contributed by atoms with van der Waals surface area (Å²) >= 11 is 5.89. The number of nitrogens with zero attached hydrogens (tertiary/aromatic N) is 2. The highest BCUT2D eigenvalue weighted by Crippen LogP contribution is 2.21. The predicted octanol–water partition coefficient (Wildman–Crippen LogP) is 1.98. The number of nitrogens with one attached hydrogen (secondary N) is 2. The van der Waals surface area contributed by atoms with Gasteiger partial charge >= 0.3 is 0 Å². The van der Waals surface area contributed by atoms with Gasteiger partial charge in [0.05, 0.1) is 18.4 Å². The molecule has 8 heteroatoms. The SMILES string of the molecule is COc1cc(C)nc(NC(=O)c2cc(Cl)ccc2NN)n1. The van der Waals surface area contributed by atoms with Crippen LogP contribution in [-0.2, 0) is 0 Å². The van der Waals surface area contributed by atoms with Crippen LogP contribution >= 0.6 is 11.6 Å². The fraction of sp³-hybridized carbons (Fsp3) is 0.154. The Morgan fingerprint density at radius 3 is 2.76 bits per heavy atom. The largest absolute Gasteiger partial charge is 0.481 e. The number of methoxy groups -OCH3 is 1. The number of hydrogen-bond acceptors (Lipinski definition) is 6.